The van der Waals surface area contributed by atoms with E-state index in [-0.39, 0.29) is 24.7 Å². The molecule has 1 atom stereocenters. The molecule has 5 nitrogen and oxygen atoms in total. The van der Waals surface area contributed by atoms with Crippen LogP contribution in [0.25, 0.3) is 0 Å². The van der Waals surface area contributed by atoms with Gasteiger partial charge in [-0.15, -0.1) is 11.3 Å². The summed E-state index contributed by atoms with van der Waals surface area (Å²) in [6.07, 6.45) is 1.89. The molecule has 1 amide bonds. The van der Waals surface area contributed by atoms with Crippen LogP contribution in [0.15, 0.2) is 6.20 Å². The lowest BCUT2D eigenvalue weighted by atomic mass is 10.0. The monoisotopic (exact) mass is 242 g/mol. The van der Waals surface area contributed by atoms with Crippen molar-refractivity contribution in [2.75, 3.05) is 5.32 Å². The van der Waals surface area contributed by atoms with Crippen LogP contribution < -0.4 is 5.32 Å². The number of amides is 1. The molecule has 0 aliphatic carbocycles. The third-order valence-corrected chi connectivity index (χ3v) is 2.75. The summed E-state index contributed by atoms with van der Waals surface area (Å²) in [5.41, 5.74) is 0. The van der Waals surface area contributed by atoms with Crippen molar-refractivity contribution in [3.05, 3.63) is 11.1 Å². The van der Waals surface area contributed by atoms with Crippen molar-refractivity contribution in [3.63, 3.8) is 0 Å². The number of nitrogens with zero attached hydrogens (tertiary/aromatic N) is 1. The Morgan fingerprint density at radius 2 is 2.25 bits per heavy atom. The van der Waals surface area contributed by atoms with Gasteiger partial charge in [-0.25, -0.2) is 4.98 Å². The van der Waals surface area contributed by atoms with Gasteiger partial charge in [0.05, 0.1) is 0 Å². The number of carbonyl (C=O) groups excluding carboxylic acids is 1. The molecule has 0 aliphatic rings. The van der Waals surface area contributed by atoms with Crippen molar-refractivity contribution in [2.24, 2.45) is 5.92 Å². The Labute approximate surface area is 97.5 Å². The molecular weight excluding hydrogens is 228 g/mol. The van der Waals surface area contributed by atoms with E-state index < -0.39 is 5.97 Å². The van der Waals surface area contributed by atoms with Crippen LogP contribution in [0.2, 0.25) is 0 Å². The summed E-state index contributed by atoms with van der Waals surface area (Å²) in [5.74, 6) is -1.24. The van der Waals surface area contributed by atoms with E-state index in [0.717, 1.165) is 4.88 Å². The Morgan fingerprint density at radius 1 is 1.56 bits per heavy atom. The summed E-state index contributed by atoms with van der Waals surface area (Å²) in [7, 11) is 0. The lowest BCUT2D eigenvalue weighted by molar-refractivity contribution is -0.138. The zero-order chi connectivity index (χ0) is 12.1. The minimum absolute atomic E-state index is 0.00428. The fraction of sp³-hybridized carbons (Fsp3) is 0.500. The van der Waals surface area contributed by atoms with Gasteiger partial charge in [-0.2, -0.15) is 0 Å². The van der Waals surface area contributed by atoms with Crippen molar-refractivity contribution in [3.8, 4) is 0 Å². The van der Waals surface area contributed by atoms with E-state index in [4.69, 9.17) is 5.11 Å². The molecule has 0 saturated heterocycles. The predicted octanol–water partition coefficient (Wildman–Crippen LogP) is 1.89. The topological polar surface area (TPSA) is 79.3 Å². The maximum atomic E-state index is 11.5. The number of anilines is 1. The number of hydrogen-bond acceptors (Lipinski definition) is 4. The first-order valence-corrected chi connectivity index (χ1v) is 5.73. The highest BCUT2D eigenvalue weighted by atomic mass is 32.1. The van der Waals surface area contributed by atoms with Gasteiger partial charge in [-0.05, 0) is 12.8 Å². The molecule has 6 heteroatoms. The van der Waals surface area contributed by atoms with E-state index in [1.165, 1.54) is 11.3 Å². The van der Waals surface area contributed by atoms with E-state index in [2.05, 4.69) is 10.3 Å². The standard InChI is InChI=1S/C10H14N2O3S/c1-6(4-9(14)15)3-8(13)12-10-11-5-7(2)16-10/h5-6H,3-4H2,1-2H3,(H,14,15)(H,11,12,13)/t6-/m1/s1. The van der Waals surface area contributed by atoms with Crippen molar-refractivity contribution in [1.29, 1.82) is 0 Å². The molecule has 2 N–H and O–H groups in total. The summed E-state index contributed by atoms with van der Waals surface area (Å²) < 4.78 is 0. The molecule has 0 spiro atoms. The van der Waals surface area contributed by atoms with Gasteiger partial charge in [0.1, 0.15) is 0 Å². The molecule has 88 valence electrons. The van der Waals surface area contributed by atoms with Gasteiger partial charge in [0, 0.05) is 23.9 Å². The number of rotatable bonds is 5. The Kier molecular flexibility index (Phi) is 4.42. The summed E-state index contributed by atoms with van der Waals surface area (Å²) in [6, 6.07) is 0. The fourth-order valence-corrected chi connectivity index (χ4v) is 1.95. The molecule has 0 fully saturated rings. The highest BCUT2D eigenvalue weighted by molar-refractivity contribution is 7.15. The van der Waals surface area contributed by atoms with Crippen LogP contribution >= 0.6 is 11.3 Å². The van der Waals surface area contributed by atoms with Gasteiger partial charge < -0.3 is 10.4 Å². The average molecular weight is 242 g/mol. The third kappa shape index (κ3) is 4.39. The maximum absolute atomic E-state index is 11.5. The molecule has 16 heavy (non-hydrogen) atoms. The molecule has 0 aromatic carbocycles. The lowest BCUT2D eigenvalue weighted by Gasteiger charge is -2.07. The normalized spacial score (nSPS) is 12.1. The minimum atomic E-state index is -0.884. The Bertz CT molecular complexity index is 389. The lowest BCUT2D eigenvalue weighted by Crippen LogP contribution is -2.16. The Hall–Kier alpha value is -1.43. The number of thiazole rings is 1. The van der Waals surface area contributed by atoms with E-state index in [1.807, 2.05) is 6.92 Å². The third-order valence-electron chi connectivity index (χ3n) is 1.92. The summed E-state index contributed by atoms with van der Waals surface area (Å²) in [5, 5.41) is 11.8. The Morgan fingerprint density at radius 3 is 2.75 bits per heavy atom. The van der Waals surface area contributed by atoms with Crippen LogP contribution in [0.5, 0.6) is 0 Å². The zero-order valence-electron chi connectivity index (χ0n) is 9.19. The van der Waals surface area contributed by atoms with Crippen LogP contribution in [-0.4, -0.2) is 22.0 Å². The molecule has 1 heterocycles. The quantitative estimate of drug-likeness (QED) is 0.826. The van der Waals surface area contributed by atoms with Gasteiger partial charge in [0.25, 0.3) is 0 Å². The van der Waals surface area contributed by atoms with Gasteiger partial charge in [-0.1, -0.05) is 6.92 Å². The Balaban J connectivity index is 2.38. The summed E-state index contributed by atoms with van der Waals surface area (Å²) in [6.45, 7) is 3.64. The number of aliphatic carboxylic acids is 1. The van der Waals surface area contributed by atoms with Crippen molar-refractivity contribution < 1.29 is 14.7 Å². The first-order chi connectivity index (χ1) is 7.47. The summed E-state index contributed by atoms with van der Waals surface area (Å²) in [4.78, 5) is 26.9. The number of carboxylic acids is 1. The molecule has 1 aromatic heterocycles. The highest BCUT2D eigenvalue weighted by Crippen LogP contribution is 2.17. The first-order valence-electron chi connectivity index (χ1n) is 4.91. The largest absolute Gasteiger partial charge is 0.481 e. The van der Waals surface area contributed by atoms with Crippen molar-refractivity contribution in [2.45, 2.75) is 26.7 Å². The number of aromatic nitrogens is 1. The second-order valence-electron chi connectivity index (χ2n) is 3.73. The second kappa shape index (κ2) is 5.60. The van der Waals surface area contributed by atoms with Crippen LogP contribution in [0.4, 0.5) is 5.13 Å². The van der Waals surface area contributed by atoms with E-state index in [0.29, 0.717) is 5.13 Å². The van der Waals surface area contributed by atoms with Gasteiger partial charge in [0.2, 0.25) is 5.91 Å². The number of carboxylic acid groups (broad SMARTS) is 1. The molecule has 0 radical (unpaired) electrons. The number of aryl methyl sites for hydroxylation is 1. The van der Waals surface area contributed by atoms with Crippen LogP contribution in [0, 0.1) is 12.8 Å². The van der Waals surface area contributed by atoms with E-state index in [9.17, 15) is 9.59 Å². The molecule has 0 saturated carbocycles. The van der Waals surface area contributed by atoms with Crippen LogP contribution in [0.3, 0.4) is 0 Å². The average Bonchev–Trinajstić information content (AvgIpc) is 2.48. The van der Waals surface area contributed by atoms with Gasteiger partial charge in [-0.3, -0.25) is 9.59 Å². The molecule has 0 aliphatic heterocycles. The maximum Gasteiger partial charge on any atom is 0.303 e. The molecule has 0 bridgehead atoms. The van der Waals surface area contributed by atoms with E-state index in [1.54, 1.807) is 13.1 Å². The number of carbonyl (C=O) groups is 2. The van der Waals surface area contributed by atoms with E-state index >= 15 is 0 Å². The molecular formula is C10H14N2O3S. The minimum Gasteiger partial charge on any atom is -0.481 e. The van der Waals surface area contributed by atoms with Crippen LogP contribution in [-0.2, 0) is 9.59 Å². The molecule has 0 unspecified atom stereocenters. The SMILES string of the molecule is Cc1cnc(NC(=O)C[C@@H](C)CC(=O)O)s1. The van der Waals surface area contributed by atoms with Gasteiger partial charge >= 0.3 is 5.97 Å². The highest BCUT2D eigenvalue weighted by Gasteiger charge is 2.13. The van der Waals surface area contributed by atoms with Crippen molar-refractivity contribution in [1.82, 2.24) is 4.98 Å². The molecule has 1 rings (SSSR count). The zero-order valence-corrected chi connectivity index (χ0v) is 10.0. The smallest absolute Gasteiger partial charge is 0.303 e. The summed E-state index contributed by atoms with van der Waals surface area (Å²) >= 11 is 1.40. The fourth-order valence-electron chi connectivity index (χ4n) is 1.27. The number of nitrogens with one attached hydrogen (secondary N) is 1. The van der Waals surface area contributed by atoms with Gasteiger partial charge in [0.15, 0.2) is 5.13 Å². The first kappa shape index (κ1) is 12.6. The number of hydrogen-bond donors (Lipinski definition) is 2. The second-order valence-corrected chi connectivity index (χ2v) is 4.97. The van der Waals surface area contributed by atoms with Crippen LogP contribution in [0.1, 0.15) is 24.6 Å². The molecule has 1 aromatic rings. The van der Waals surface area contributed by atoms with Crippen molar-refractivity contribution >= 4 is 28.3 Å². The predicted molar refractivity (Wildman–Crippen MR) is 61.5 cm³/mol.